The first-order valence-corrected chi connectivity index (χ1v) is 8.16. The predicted molar refractivity (Wildman–Crippen MR) is 87.5 cm³/mol. The van der Waals surface area contributed by atoms with E-state index in [1.807, 2.05) is 11.5 Å². The number of aromatic nitrogens is 3. The van der Waals surface area contributed by atoms with E-state index in [0.29, 0.717) is 31.9 Å². The number of hydrogen-bond acceptors (Lipinski definition) is 5. The number of nitrogens with zero attached hydrogens (tertiary/aromatic N) is 4. The molecule has 1 aromatic carbocycles. The fourth-order valence-corrected chi connectivity index (χ4v) is 2.95. The first kappa shape index (κ1) is 17.3. The Morgan fingerprint density at radius 3 is 2.76 bits per heavy atom. The van der Waals surface area contributed by atoms with E-state index >= 15 is 0 Å². The molecule has 0 aliphatic carbocycles. The third-order valence-corrected chi connectivity index (χ3v) is 4.25. The number of amides is 1. The topological polar surface area (TPSA) is 69.5 Å². The summed E-state index contributed by atoms with van der Waals surface area (Å²) in [5, 5.41) is 8.36. The van der Waals surface area contributed by atoms with E-state index < -0.39 is 0 Å². The van der Waals surface area contributed by atoms with E-state index in [1.165, 1.54) is 24.3 Å². The molecule has 25 heavy (non-hydrogen) atoms. The van der Waals surface area contributed by atoms with Crippen molar-refractivity contribution in [3.05, 3.63) is 41.7 Å². The number of halogens is 1. The second-order valence-corrected chi connectivity index (χ2v) is 6.00. The first-order chi connectivity index (χ1) is 12.1. The Balaban J connectivity index is 1.62. The lowest BCUT2D eigenvalue weighted by atomic mass is 10.2. The average Bonchev–Trinajstić information content (AvgIpc) is 2.88. The summed E-state index contributed by atoms with van der Waals surface area (Å²) in [6.45, 7) is 3.46. The average molecular weight is 348 g/mol. The Labute approximate surface area is 145 Å². The van der Waals surface area contributed by atoms with Gasteiger partial charge in [0.25, 0.3) is 5.91 Å². The van der Waals surface area contributed by atoms with Crippen LogP contribution in [0.3, 0.4) is 0 Å². The molecule has 3 rings (SSSR count). The Bertz CT molecular complexity index is 732. The highest BCUT2D eigenvalue weighted by Gasteiger charge is 2.27. The van der Waals surface area contributed by atoms with Gasteiger partial charge in [0, 0.05) is 32.7 Å². The number of methoxy groups -OCH3 is 1. The number of ether oxygens (including phenoxy) is 2. The second kappa shape index (κ2) is 7.60. The summed E-state index contributed by atoms with van der Waals surface area (Å²) in [5.74, 6) is 1.64. The van der Waals surface area contributed by atoms with E-state index in [-0.39, 0.29) is 24.4 Å². The van der Waals surface area contributed by atoms with Gasteiger partial charge in [-0.1, -0.05) is 0 Å². The van der Waals surface area contributed by atoms with E-state index in [2.05, 4.69) is 10.2 Å². The first-order valence-electron chi connectivity index (χ1n) is 8.16. The van der Waals surface area contributed by atoms with Crippen molar-refractivity contribution in [2.24, 2.45) is 0 Å². The van der Waals surface area contributed by atoms with Crippen LogP contribution in [0.4, 0.5) is 4.39 Å². The summed E-state index contributed by atoms with van der Waals surface area (Å²) in [4.78, 5) is 14.3. The Hall–Kier alpha value is -2.48. The number of carbonyl (C=O) groups excluding carboxylic acids is 1. The summed E-state index contributed by atoms with van der Waals surface area (Å²) in [6, 6.07) is 5.61. The maximum absolute atomic E-state index is 12.9. The largest absolute Gasteiger partial charge is 0.484 e. The normalized spacial score (nSPS) is 17.1. The lowest BCUT2D eigenvalue weighted by molar-refractivity contribution is -0.135. The van der Waals surface area contributed by atoms with Gasteiger partial charge < -0.3 is 18.9 Å². The molecule has 1 aliphatic rings. The SMILES string of the molecule is COCc1nnc2n1CCN(C(=O)COc1ccc(F)cc1)[C@@H](C)C2. The van der Waals surface area contributed by atoms with Crippen molar-refractivity contribution in [3.8, 4) is 5.75 Å². The summed E-state index contributed by atoms with van der Waals surface area (Å²) < 4.78 is 25.5. The number of carbonyl (C=O) groups is 1. The maximum Gasteiger partial charge on any atom is 0.260 e. The fraction of sp³-hybridized carbons (Fsp3) is 0.471. The maximum atomic E-state index is 12.9. The minimum Gasteiger partial charge on any atom is -0.484 e. The van der Waals surface area contributed by atoms with Crippen molar-refractivity contribution in [1.29, 1.82) is 0 Å². The van der Waals surface area contributed by atoms with E-state index in [1.54, 1.807) is 12.0 Å². The highest BCUT2D eigenvalue weighted by atomic mass is 19.1. The lowest BCUT2D eigenvalue weighted by Crippen LogP contribution is -2.42. The quantitative estimate of drug-likeness (QED) is 0.817. The minimum atomic E-state index is -0.338. The Morgan fingerprint density at radius 1 is 1.28 bits per heavy atom. The van der Waals surface area contributed by atoms with Gasteiger partial charge in [-0.25, -0.2) is 4.39 Å². The van der Waals surface area contributed by atoms with Crippen LogP contribution in [0.15, 0.2) is 24.3 Å². The molecular weight excluding hydrogens is 327 g/mol. The van der Waals surface area contributed by atoms with Crippen molar-refractivity contribution < 1.29 is 18.7 Å². The molecule has 0 fully saturated rings. The monoisotopic (exact) mass is 348 g/mol. The van der Waals surface area contributed by atoms with Gasteiger partial charge in [-0.2, -0.15) is 0 Å². The zero-order valence-electron chi connectivity index (χ0n) is 14.3. The molecule has 0 radical (unpaired) electrons. The van der Waals surface area contributed by atoms with Gasteiger partial charge in [-0.3, -0.25) is 4.79 Å². The zero-order valence-corrected chi connectivity index (χ0v) is 14.3. The van der Waals surface area contributed by atoms with Crippen molar-refractivity contribution in [3.63, 3.8) is 0 Å². The van der Waals surface area contributed by atoms with Crippen LogP contribution in [-0.2, 0) is 29.1 Å². The highest BCUT2D eigenvalue weighted by Crippen LogP contribution is 2.16. The van der Waals surface area contributed by atoms with Crippen LogP contribution in [0, 0.1) is 5.82 Å². The standard InChI is InChI=1S/C17H21FN4O3/c1-12-9-15-19-20-16(10-24-2)22(15)8-7-21(12)17(23)11-25-14-5-3-13(18)4-6-14/h3-6,12H,7-11H2,1-2H3/t12-/m0/s1. The number of hydrogen-bond donors (Lipinski definition) is 0. The molecule has 0 saturated heterocycles. The van der Waals surface area contributed by atoms with Crippen LogP contribution >= 0.6 is 0 Å². The molecule has 2 aromatic rings. The highest BCUT2D eigenvalue weighted by molar-refractivity contribution is 5.78. The molecule has 0 N–H and O–H groups in total. The van der Waals surface area contributed by atoms with E-state index in [0.717, 1.165) is 11.6 Å². The van der Waals surface area contributed by atoms with Gasteiger partial charge in [-0.15, -0.1) is 10.2 Å². The third-order valence-electron chi connectivity index (χ3n) is 4.25. The molecule has 1 amide bonds. The van der Waals surface area contributed by atoms with Crippen molar-refractivity contribution >= 4 is 5.91 Å². The van der Waals surface area contributed by atoms with Gasteiger partial charge in [0.15, 0.2) is 12.4 Å². The van der Waals surface area contributed by atoms with Crippen LogP contribution in [0.5, 0.6) is 5.75 Å². The molecule has 134 valence electrons. The molecule has 1 aromatic heterocycles. The predicted octanol–water partition coefficient (Wildman–Crippen LogP) is 1.42. The fourth-order valence-electron chi connectivity index (χ4n) is 2.95. The van der Waals surface area contributed by atoms with Crippen molar-refractivity contribution in [2.75, 3.05) is 20.3 Å². The third kappa shape index (κ3) is 3.96. The summed E-state index contributed by atoms with van der Waals surface area (Å²) in [5.41, 5.74) is 0. The molecular formula is C17H21FN4O3. The number of rotatable bonds is 5. The van der Waals surface area contributed by atoms with Crippen LogP contribution in [0.25, 0.3) is 0 Å². The van der Waals surface area contributed by atoms with Gasteiger partial charge >= 0.3 is 0 Å². The van der Waals surface area contributed by atoms with Crippen LogP contribution in [0.1, 0.15) is 18.6 Å². The number of fused-ring (bicyclic) bond motifs is 1. The van der Waals surface area contributed by atoms with Gasteiger partial charge in [0.2, 0.25) is 0 Å². The Morgan fingerprint density at radius 2 is 2.04 bits per heavy atom. The molecule has 1 aliphatic heterocycles. The van der Waals surface area contributed by atoms with Gasteiger partial charge in [0.05, 0.1) is 0 Å². The molecule has 0 spiro atoms. The number of benzene rings is 1. The van der Waals surface area contributed by atoms with E-state index in [9.17, 15) is 9.18 Å². The zero-order chi connectivity index (χ0) is 17.8. The minimum absolute atomic E-state index is 0.00911. The van der Waals surface area contributed by atoms with Crippen LogP contribution in [-0.4, -0.2) is 51.9 Å². The summed E-state index contributed by atoms with van der Waals surface area (Å²) >= 11 is 0. The molecule has 2 heterocycles. The molecule has 0 unspecified atom stereocenters. The molecule has 0 bridgehead atoms. The van der Waals surface area contributed by atoms with Crippen molar-refractivity contribution in [1.82, 2.24) is 19.7 Å². The van der Waals surface area contributed by atoms with Crippen molar-refractivity contribution in [2.45, 2.75) is 32.5 Å². The lowest BCUT2D eigenvalue weighted by Gasteiger charge is -2.26. The molecule has 8 heteroatoms. The van der Waals surface area contributed by atoms with Crippen LogP contribution < -0.4 is 4.74 Å². The summed E-state index contributed by atoms with van der Waals surface area (Å²) in [7, 11) is 1.61. The molecule has 7 nitrogen and oxygen atoms in total. The Kier molecular flexibility index (Phi) is 5.28. The molecule has 0 saturated carbocycles. The second-order valence-electron chi connectivity index (χ2n) is 6.00. The van der Waals surface area contributed by atoms with Crippen LogP contribution in [0.2, 0.25) is 0 Å². The summed E-state index contributed by atoms with van der Waals surface area (Å²) in [6.07, 6.45) is 0.624. The molecule has 1 atom stereocenters. The van der Waals surface area contributed by atoms with Gasteiger partial charge in [0.1, 0.15) is 24.0 Å². The van der Waals surface area contributed by atoms with E-state index in [4.69, 9.17) is 9.47 Å². The van der Waals surface area contributed by atoms with Gasteiger partial charge in [-0.05, 0) is 31.2 Å². The smallest absolute Gasteiger partial charge is 0.260 e.